The van der Waals surface area contributed by atoms with E-state index in [2.05, 4.69) is 10.2 Å². The monoisotopic (exact) mass is 280 g/mol. The molecule has 0 aliphatic carbocycles. The van der Waals surface area contributed by atoms with Gasteiger partial charge in [-0.25, -0.2) is 0 Å². The molecule has 0 aromatic carbocycles. The fourth-order valence-corrected chi connectivity index (χ4v) is 1.45. The second kappa shape index (κ2) is 8.59. The number of hydrogen-bond donors (Lipinski definition) is 2. The molecule has 0 saturated heterocycles. The van der Waals surface area contributed by atoms with Crippen LogP contribution in [0.5, 0.6) is 0 Å². The number of carbonyl (C=O) groups is 2. The quantitative estimate of drug-likeness (QED) is 0.643. The van der Waals surface area contributed by atoms with Gasteiger partial charge in [-0.15, -0.1) is 0 Å². The fourth-order valence-electron chi connectivity index (χ4n) is 1.45. The molecule has 2 N–H and O–H groups in total. The van der Waals surface area contributed by atoms with Crippen LogP contribution in [0.4, 0.5) is 0 Å². The Balaban J connectivity index is 4.77. The van der Waals surface area contributed by atoms with E-state index in [0.717, 1.165) is 0 Å². The average Bonchev–Trinajstić information content (AvgIpc) is 2.32. The Bertz CT molecular complexity index is 421. The van der Waals surface area contributed by atoms with Crippen LogP contribution in [0.2, 0.25) is 0 Å². The highest BCUT2D eigenvalue weighted by molar-refractivity contribution is 5.67. The van der Waals surface area contributed by atoms with Crippen molar-refractivity contribution in [3.05, 3.63) is 0 Å². The highest BCUT2D eigenvalue weighted by Crippen LogP contribution is 2.16. The summed E-state index contributed by atoms with van der Waals surface area (Å²) in [6.45, 7) is 3.09. The lowest BCUT2D eigenvalue weighted by Gasteiger charge is -2.13. The lowest BCUT2D eigenvalue weighted by molar-refractivity contribution is -0.139. The van der Waals surface area contributed by atoms with E-state index in [0.29, 0.717) is 0 Å². The highest BCUT2D eigenvalue weighted by Gasteiger charge is 2.22. The molecule has 0 fully saturated rings. The van der Waals surface area contributed by atoms with Crippen LogP contribution in [0.3, 0.4) is 0 Å². The van der Waals surface area contributed by atoms with Crippen molar-refractivity contribution in [2.75, 3.05) is 0 Å². The number of carboxylic acids is 2. The molecule has 0 aromatic rings. The molecule has 0 radical (unpaired) electrons. The van der Waals surface area contributed by atoms with Crippen LogP contribution < -0.4 is 0 Å². The van der Waals surface area contributed by atoms with Gasteiger partial charge in [-0.3, -0.25) is 9.59 Å². The molecule has 4 unspecified atom stereocenters. The molecule has 108 valence electrons. The van der Waals surface area contributed by atoms with Gasteiger partial charge in [0.15, 0.2) is 12.1 Å². The summed E-state index contributed by atoms with van der Waals surface area (Å²) in [6.07, 6.45) is -0.474. The second-order valence-corrected chi connectivity index (χ2v) is 4.53. The molecule has 0 bridgehead atoms. The minimum absolute atomic E-state index is 0.237. The minimum Gasteiger partial charge on any atom is -0.481 e. The lowest BCUT2D eigenvalue weighted by atomic mass is 9.99. The smallest absolute Gasteiger partial charge is 0.303 e. The van der Waals surface area contributed by atoms with Gasteiger partial charge < -0.3 is 10.2 Å². The van der Waals surface area contributed by atoms with Crippen molar-refractivity contribution in [2.45, 2.75) is 38.8 Å². The molecule has 0 aliphatic heterocycles. The van der Waals surface area contributed by atoms with Crippen molar-refractivity contribution in [3.63, 3.8) is 0 Å². The number of rotatable bonds is 8. The Morgan fingerprint density at radius 2 is 1.25 bits per heavy atom. The van der Waals surface area contributed by atoms with Gasteiger partial charge in [-0.05, 0) is 0 Å². The number of nitriles is 2. The largest absolute Gasteiger partial charge is 0.481 e. The predicted molar refractivity (Wildman–Crippen MR) is 66.5 cm³/mol. The molecular formula is C12H16N4O4. The van der Waals surface area contributed by atoms with Crippen molar-refractivity contribution in [1.82, 2.24) is 0 Å². The Kier molecular flexibility index (Phi) is 7.53. The van der Waals surface area contributed by atoms with Crippen LogP contribution in [-0.4, -0.2) is 34.2 Å². The zero-order valence-corrected chi connectivity index (χ0v) is 11.2. The molecule has 0 amide bonds. The minimum atomic E-state index is -1.05. The maximum absolute atomic E-state index is 10.6. The van der Waals surface area contributed by atoms with E-state index in [1.165, 1.54) is 0 Å². The molecular weight excluding hydrogens is 264 g/mol. The zero-order valence-electron chi connectivity index (χ0n) is 11.2. The van der Waals surface area contributed by atoms with Crippen LogP contribution in [0.15, 0.2) is 10.2 Å². The first kappa shape index (κ1) is 17.5. The average molecular weight is 280 g/mol. The van der Waals surface area contributed by atoms with E-state index in [1.54, 1.807) is 13.8 Å². The Labute approximate surface area is 116 Å². The maximum Gasteiger partial charge on any atom is 0.303 e. The molecule has 8 nitrogen and oxygen atoms in total. The molecule has 0 aliphatic rings. The van der Waals surface area contributed by atoms with E-state index < -0.39 is 35.9 Å². The SMILES string of the molecule is CC(CC(=O)O)C(C#N)/N=N/C(C#N)C(C)CC(=O)O. The van der Waals surface area contributed by atoms with E-state index >= 15 is 0 Å². The summed E-state index contributed by atoms with van der Waals surface area (Å²) in [6, 6.07) is 1.69. The zero-order chi connectivity index (χ0) is 15.7. The third-order valence-corrected chi connectivity index (χ3v) is 2.65. The molecule has 0 spiro atoms. The second-order valence-electron chi connectivity index (χ2n) is 4.53. The Hall–Kier alpha value is -2.48. The van der Waals surface area contributed by atoms with E-state index in [1.807, 2.05) is 12.1 Å². The standard InChI is InChI=1S/C12H16N4O4/c1-7(3-11(17)18)9(5-13)15-16-10(6-14)8(2)4-12(19)20/h7-10H,3-4H2,1-2H3,(H,17,18)(H,19,20)/b16-15+. The first-order valence-electron chi connectivity index (χ1n) is 5.94. The van der Waals surface area contributed by atoms with Gasteiger partial charge in [-0.1, -0.05) is 13.8 Å². The van der Waals surface area contributed by atoms with Crippen molar-refractivity contribution in [2.24, 2.45) is 22.1 Å². The van der Waals surface area contributed by atoms with Crippen LogP contribution in [-0.2, 0) is 9.59 Å². The summed E-state index contributed by atoms with van der Waals surface area (Å²) in [7, 11) is 0. The summed E-state index contributed by atoms with van der Waals surface area (Å²) < 4.78 is 0. The van der Waals surface area contributed by atoms with Gasteiger partial charge in [0.1, 0.15) is 0 Å². The van der Waals surface area contributed by atoms with Gasteiger partial charge in [0, 0.05) is 11.8 Å². The molecule has 20 heavy (non-hydrogen) atoms. The topological polar surface area (TPSA) is 147 Å². The molecule has 8 heteroatoms. The van der Waals surface area contributed by atoms with E-state index in [9.17, 15) is 9.59 Å². The Morgan fingerprint density at radius 3 is 1.45 bits per heavy atom. The first-order chi connectivity index (χ1) is 9.31. The molecule has 0 aromatic heterocycles. The van der Waals surface area contributed by atoms with Crippen LogP contribution in [0.25, 0.3) is 0 Å². The molecule has 0 saturated carbocycles. The first-order valence-corrected chi connectivity index (χ1v) is 5.94. The van der Waals surface area contributed by atoms with Crippen LogP contribution >= 0.6 is 0 Å². The molecule has 4 atom stereocenters. The number of aliphatic carboxylic acids is 2. The summed E-state index contributed by atoms with van der Waals surface area (Å²) in [5.74, 6) is -3.20. The number of hydrogen-bond acceptors (Lipinski definition) is 6. The van der Waals surface area contributed by atoms with E-state index in [4.69, 9.17) is 20.7 Å². The summed E-state index contributed by atoms with van der Waals surface area (Å²) in [4.78, 5) is 21.1. The van der Waals surface area contributed by atoms with Crippen LogP contribution in [0, 0.1) is 34.5 Å². The normalized spacial score (nSPS) is 16.6. The van der Waals surface area contributed by atoms with Gasteiger partial charge >= 0.3 is 11.9 Å². The van der Waals surface area contributed by atoms with Crippen LogP contribution in [0.1, 0.15) is 26.7 Å². The highest BCUT2D eigenvalue weighted by atomic mass is 16.4. The lowest BCUT2D eigenvalue weighted by Crippen LogP contribution is -2.20. The van der Waals surface area contributed by atoms with Gasteiger partial charge in [0.05, 0.1) is 25.0 Å². The van der Waals surface area contributed by atoms with Crippen molar-refractivity contribution < 1.29 is 19.8 Å². The van der Waals surface area contributed by atoms with Crippen molar-refractivity contribution >= 4 is 11.9 Å². The number of azo groups is 1. The van der Waals surface area contributed by atoms with E-state index in [-0.39, 0.29) is 12.8 Å². The van der Waals surface area contributed by atoms with Gasteiger partial charge in [-0.2, -0.15) is 20.8 Å². The summed E-state index contributed by atoms with van der Waals surface area (Å²) in [5.41, 5.74) is 0. The van der Waals surface area contributed by atoms with Gasteiger partial charge in [0.25, 0.3) is 0 Å². The summed E-state index contributed by atoms with van der Waals surface area (Å²) >= 11 is 0. The Morgan fingerprint density at radius 1 is 0.950 bits per heavy atom. The molecule has 0 heterocycles. The van der Waals surface area contributed by atoms with Crippen molar-refractivity contribution in [3.8, 4) is 12.1 Å². The predicted octanol–water partition coefficient (Wildman–Crippen LogP) is 1.44. The third kappa shape index (κ3) is 6.45. The third-order valence-electron chi connectivity index (χ3n) is 2.65. The van der Waals surface area contributed by atoms with Crippen molar-refractivity contribution in [1.29, 1.82) is 10.5 Å². The number of carboxylic acid groups (broad SMARTS) is 2. The maximum atomic E-state index is 10.6. The van der Waals surface area contributed by atoms with Gasteiger partial charge in [0.2, 0.25) is 0 Å². The fraction of sp³-hybridized carbons (Fsp3) is 0.667. The molecule has 0 rings (SSSR count). The number of nitrogens with zero attached hydrogens (tertiary/aromatic N) is 4. The summed E-state index contributed by atoms with van der Waals surface area (Å²) in [5, 5.41) is 42.5.